The summed E-state index contributed by atoms with van der Waals surface area (Å²) in [4.78, 5) is 12.0. The molecular formula is C16H14ClF3N2O4S. The van der Waals surface area contributed by atoms with E-state index in [1.54, 1.807) is 0 Å². The summed E-state index contributed by atoms with van der Waals surface area (Å²) in [6.07, 6.45) is -4.69. The quantitative estimate of drug-likeness (QED) is 0.747. The van der Waals surface area contributed by atoms with E-state index in [4.69, 9.17) is 16.7 Å². The number of alkyl halides is 3. The lowest BCUT2D eigenvalue weighted by Gasteiger charge is -2.14. The van der Waals surface area contributed by atoms with Crippen LogP contribution in [0.15, 0.2) is 47.4 Å². The van der Waals surface area contributed by atoms with Gasteiger partial charge in [-0.1, -0.05) is 23.7 Å². The number of primary sulfonamides is 1. The zero-order chi connectivity index (χ0) is 20.2. The zero-order valence-corrected chi connectivity index (χ0v) is 15.2. The number of carbonyl (C=O) groups excluding carboxylic acids is 1. The molecule has 0 radical (unpaired) electrons. The molecule has 0 aliphatic carbocycles. The van der Waals surface area contributed by atoms with Crippen molar-refractivity contribution < 1.29 is 31.1 Å². The van der Waals surface area contributed by atoms with Gasteiger partial charge < -0.3 is 10.1 Å². The molecular weight excluding hydrogens is 409 g/mol. The lowest BCUT2D eigenvalue weighted by atomic mass is 10.1. The third-order valence-electron chi connectivity index (χ3n) is 3.22. The van der Waals surface area contributed by atoms with Crippen LogP contribution in [0.1, 0.15) is 5.56 Å². The number of nitrogens with two attached hydrogens (primary N) is 1. The first-order valence-corrected chi connectivity index (χ1v) is 9.27. The number of rotatable bonds is 6. The summed E-state index contributed by atoms with van der Waals surface area (Å²) >= 11 is 5.81. The van der Waals surface area contributed by atoms with E-state index in [0.717, 1.165) is 0 Å². The van der Waals surface area contributed by atoms with Gasteiger partial charge in [0.1, 0.15) is 5.75 Å². The second-order valence-electron chi connectivity index (χ2n) is 5.46. The van der Waals surface area contributed by atoms with Crippen molar-refractivity contribution in [2.75, 3.05) is 11.9 Å². The topological polar surface area (TPSA) is 98.5 Å². The molecule has 146 valence electrons. The van der Waals surface area contributed by atoms with Gasteiger partial charge in [0.25, 0.3) is 0 Å². The molecule has 0 unspecified atom stereocenters. The fourth-order valence-corrected chi connectivity index (χ4v) is 2.75. The molecule has 2 rings (SSSR count). The van der Waals surface area contributed by atoms with Gasteiger partial charge in [0.15, 0.2) is 6.61 Å². The molecule has 0 bridgehead atoms. The van der Waals surface area contributed by atoms with Gasteiger partial charge in [-0.25, -0.2) is 13.6 Å². The number of hydrogen-bond acceptors (Lipinski definition) is 4. The molecule has 11 heteroatoms. The molecule has 0 heterocycles. The molecule has 0 spiro atoms. The Hall–Kier alpha value is -2.30. The maximum Gasteiger partial charge on any atom is 0.422 e. The maximum absolute atomic E-state index is 12.3. The Kier molecular flexibility index (Phi) is 6.34. The number of benzene rings is 2. The largest absolute Gasteiger partial charge is 0.482 e. The highest BCUT2D eigenvalue weighted by Gasteiger charge is 2.29. The van der Waals surface area contributed by atoms with Gasteiger partial charge in [-0.2, -0.15) is 13.2 Å². The van der Waals surface area contributed by atoms with Gasteiger partial charge in [0.05, 0.1) is 17.0 Å². The Morgan fingerprint density at radius 1 is 1.15 bits per heavy atom. The van der Waals surface area contributed by atoms with Crippen LogP contribution in [-0.4, -0.2) is 27.1 Å². The molecule has 3 N–H and O–H groups in total. The number of amides is 1. The van der Waals surface area contributed by atoms with E-state index < -0.39 is 28.7 Å². The molecule has 0 saturated heterocycles. The van der Waals surface area contributed by atoms with E-state index >= 15 is 0 Å². The summed E-state index contributed by atoms with van der Waals surface area (Å²) in [5.41, 5.74) is 0.456. The van der Waals surface area contributed by atoms with Gasteiger partial charge in [-0.3, -0.25) is 4.79 Å². The van der Waals surface area contributed by atoms with Crippen LogP contribution >= 0.6 is 11.6 Å². The number of ether oxygens (including phenoxy) is 1. The van der Waals surface area contributed by atoms with E-state index in [1.165, 1.54) is 42.5 Å². The summed E-state index contributed by atoms with van der Waals surface area (Å²) in [6.45, 7) is -1.52. The Morgan fingerprint density at radius 3 is 2.33 bits per heavy atom. The van der Waals surface area contributed by atoms with Crippen LogP contribution in [0.3, 0.4) is 0 Å². The lowest BCUT2D eigenvalue weighted by molar-refractivity contribution is -0.153. The van der Waals surface area contributed by atoms with Crippen LogP contribution in [0.4, 0.5) is 18.9 Å². The third-order valence-corrected chi connectivity index (χ3v) is 4.39. The molecule has 0 saturated carbocycles. The number of nitrogens with one attached hydrogen (secondary N) is 1. The summed E-state index contributed by atoms with van der Waals surface area (Å²) in [6, 6.07) is 9.09. The van der Waals surface area contributed by atoms with Crippen molar-refractivity contribution in [1.82, 2.24) is 0 Å². The highest BCUT2D eigenvalue weighted by Crippen LogP contribution is 2.30. The molecule has 6 nitrogen and oxygen atoms in total. The number of anilines is 1. The molecule has 27 heavy (non-hydrogen) atoms. The van der Waals surface area contributed by atoms with Crippen LogP contribution in [0.25, 0.3) is 0 Å². The summed E-state index contributed by atoms with van der Waals surface area (Å²) in [7, 11) is -3.85. The normalized spacial score (nSPS) is 11.9. The molecule has 1 amide bonds. The van der Waals surface area contributed by atoms with Crippen molar-refractivity contribution in [3.8, 4) is 5.75 Å². The molecule has 0 atom stereocenters. The van der Waals surface area contributed by atoms with Crippen molar-refractivity contribution in [2.45, 2.75) is 17.5 Å². The van der Waals surface area contributed by atoms with Gasteiger partial charge >= 0.3 is 6.18 Å². The van der Waals surface area contributed by atoms with Crippen LogP contribution in [0.5, 0.6) is 5.75 Å². The highest BCUT2D eigenvalue weighted by molar-refractivity contribution is 7.89. The molecule has 2 aromatic rings. The first-order valence-electron chi connectivity index (χ1n) is 7.35. The van der Waals surface area contributed by atoms with E-state index in [2.05, 4.69) is 10.1 Å². The molecule has 0 aliphatic rings. The van der Waals surface area contributed by atoms with Crippen molar-refractivity contribution in [2.24, 2.45) is 5.14 Å². The summed E-state index contributed by atoms with van der Waals surface area (Å²) in [5.74, 6) is -0.743. The van der Waals surface area contributed by atoms with Crippen molar-refractivity contribution in [3.05, 3.63) is 53.1 Å². The lowest BCUT2D eigenvalue weighted by Crippen LogP contribution is -2.21. The maximum atomic E-state index is 12.3. The van der Waals surface area contributed by atoms with Gasteiger partial charge in [-0.15, -0.1) is 0 Å². The van der Waals surface area contributed by atoms with Gasteiger partial charge in [0, 0.05) is 5.02 Å². The number of hydrogen-bond donors (Lipinski definition) is 2. The zero-order valence-electron chi connectivity index (χ0n) is 13.6. The van der Waals surface area contributed by atoms with Crippen LogP contribution < -0.4 is 15.2 Å². The predicted octanol–water partition coefficient (Wildman–Crippen LogP) is 3.11. The summed E-state index contributed by atoms with van der Waals surface area (Å²) in [5, 5.41) is 7.61. The van der Waals surface area contributed by atoms with Crippen molar-refractivity contribution in [3.63, 3.8) is 0 Å². The van der Waals surface area contributed by atoms with Crippen molar-refractivity contribution in [1.29, 1.82) is 0 Å². The Bertz CT molecular complexity index is 932. The van der Waals surface area contributed by atoms with E-state index in [-0.39, 0.29) is 27.8 Å². The Labute approximate surface area is 158 Å². The number of halogens is 4. The SMILES string of the molecule is NS(=O)(=O)c1ccc(CC(=O)Nc2cc(Cl)ccc2OCC(F)(F)F)cc1. The fourth-order valence-electron chi connectivity index (χ4n) is 2.06. The summed E-state index contributed by atoms with van der Waals surface area (Å²) < 4.78 is 64.1. The van der Waals surface area contributed by atoms with Crippen molar-refractivity contribution >= 4 is 33.2 Å². The first kappa shape index (κ1) is 21.0. The number of sulfonamides is 1. The van der Waals surface area contributed by atoms with Gasteiger partial charge in [-0.05, 0) is 35.9 Å². The average molecular weight is 423 g/mol. The molecule has 0 fully saturated rings. The molecule has 0 aliphatic heterocycles. The molecule has 2 aromatic carbocycles. The minimum atomic E-state index is -4.54. The predicted molar refractivity (Wildman–Crippen MR) is 93.2 cm³/mol. The first-order chi connectivity index (χ1) is 12.4. The minimum absolute atomic E-state index is 0.0158. The van der Waals surface area contributed by atoms with Crippen LogP contribution in [0, 0.1) is 0 Å². The monoisotopic (exact) mass is 422 g/mol. The Balaban J connectivity index is 2.10. The highest BCUT2D eigenvalue weighted by atomic mass is 35.5. The van der Waals surface area contributed by atoms with E-state index in [0.29, 0.717) is 5.56 Å². The Morgan fingerprint density at radius 2 is 1.78 bits per heavy atom. The van der Waals surface area contributed by atoms with E-state index in [1.807, 2.05) is 0 Å². The fraction of sp³-hybridized carbons (Fsp3) is 0.188. The molecule has 0 aromatic heterocycles. The third kappa shape index (κ3) is 6.74. The van der Waals surface area contributed by atoms with Crippen LogP contribution in [-0.2, 0) is 21.2 Å². The number of carbonyl (C=O) groups is 1. The second kappa shape index (κ2) is 8.15. The van der Waals surface area contributed by atoms with E-state index in [9.17, 15) is 26.4 Å². The smallest absolute Gasteiger partial charge is 0.422 e. The van der Waals surface area contributed by atoms with Gasteiger partial charge in [0.2, 0.25) is 15.9 Å². The average Bonchev–Trinajstić information content (AvgIpc) is 2.52. The second-order valence-corrected chi connectivity index (χ2v) is 7.46. The standard InChI is InChI=1S/C16H14ClF3N2O4S/c17-11-3-6-14(26-9-16(18,19)20)13(8-11)22-15(23)7-10-1-4-12(5-2-10)27(21,24)25/h1-6,8H,7,9H2,(H,22,23)(H2,21,24,25). The minimum Gasteiger partial charge on any atom is -0.482 e. The van der Waals surface area contributed by atoms with Crippen LogP contribution in [0.2, 0.25) is 5.02 Å².